The van der Waals surface area contributed by atoms with Gasteiger partial charge in [0.1, 0.15) is 0 Å². The minimum Gasteiger partial charge on any atom is -0.384 e. The monoisotopic (exact) mass is 125 g/mol. The molecule has 0 bridgehead atoms. The largest absolute Gasteiger partial charge is 0.384 e. The molecule has 0 aromatic rings. The van der Waals surface area contributed by atoms with Crippen LogP contribution in [-0.4, -0.2) is 19.9 Å². The van der Waals surface area contributed by atoms with Crippen molar-refractivity contribution in [3.05, 3.63) is 11.8 Å². The highest BCUT2D eigenvalue weighted by Crippen LogP contribution is 2.08. The van der Waals surface area contributed by atoms with E-state index in [1.165, 1.54) is 0 Å². The summed E-state index contributed by atoms with van der Waals surface area (Å²) in [6.45, 7) is 0.781. The Bertz CT molecular complexity index is 138. The van der Waals surface area contributed by atoms with Gasteiger partial charge in [0, 0.05) is 31.9 Å². The van der Waals surface area contributed by atoms with Gasteiger partial charge in [0.15, 0.2) is 0 Å². The van der Waals surface area contributed by atoms with E-state index in [1.54, 1.807) is 7.11 Å². The molecule has 0 saturated carbocycles. The van der Waals surface area contributed by atoms with Crippen molar-refractivity contribution >= 4 is 6.21 Å². The van der Waals surface area contributed by atoms with Crippen LogP contribution in [0.1, 0.15) is 12.8 Å². The molecule has 0 spiro atoms. The third kappa shape index (κ3) is 1.98. The van der Waals surface area contributed by atoms with Gasteiger partial charge < -0.3 is 4.74 Å². The zero-order valence-corrected chi connectivity index (χ0v) is 5.63. The zero-order chi connectivity index (χ0) is 6.53. The molecule has 0 fully saturated rings. The Labute approximate surface area is 55.2 Å². The number of rotatable bonds is 3. The number of ether oxygens (including phenoxy) is 1. The molecule has 0 atom stereocenters. The maximum absolute atomic E-state index is 4.89. The van der Waals surface area contributed by atoms with Crippen LogP contribution in [-0.2, 0) is 4.74 Å². The van der Waals surface area contributed by atoms with Crippen molar-refractivity contribution in [2.75, 3.05) is 13.7 Å². The Morgan fingerprint density at radius 1 is 1.78 bits per heavy atom. The second-order valence-corrected chi connectivity index (χ2v) is 1.99. The van der Waals surface area contributed by atoms with Crippen molar-refractivity contribution in [3.63, 3.8) is 0 Å². The fourth-order valence-corrected chi connectivity index (χ4v) is 0.785. The van der Waals surface area contributed by atoms with Crippen LogP contribution in [0.3, 0.4) is 0 Å². The summed E-state index contributed by atoms with van der Waals surface area (Å²) in [5.41, 5.74) is 1.16. The van der Waals surface area contributed by atoms with E-state index in [9.17, 15) is 0 Å². The standard InChI is InChI=1S/C7H11NO/c1-9-6-4-7-3-2-5-8-7/h3,5H,2,4,6H2,1H3. The van der Waals surface area contributed by atoms with Gasteiger partial charge in [0.05, 0.1) is 6.61 Å². The fraction of sp³-hybridized carbons (Fsp3) is 0.571. The summed E-state index contributed by atoms with van der Waals surface area (Å²) >= 11 is 0. The molecule has 1 heterocycles. The SMILES string of the molecule is COCCC1=CCC=N1. The van der Waals surface area contributed by atoms with Crippen molar-refractivity contribution in [3.8, 4) is 0 Å². The topological polar surface area (TPSA) is 21.6 Å². The quantitative estimate of drug-likeness (QED) is 0.558. The zero-order valence-electron chi connectivity index (χ0n) is 5.63. The highest BCUT2D eigenvalue weighted by atomic mass is 16.5. The van der Waals surface area contributed by atoms with Crippen LogP contribution >= 0.6 is 0 Å². The first-order valence-corrected chi connectivity index (χ1v) is 3.14. The van der Waals surface area contributed by atoms with Gasteiger partial charge in [-0.15, -0.1) is 0 Å². The van der Waals surface area contributed by atoms with Crippen LogP contribution in [0.15, 0.2) is 16.8 Å². The second-order valence-electron chi connectivity index (χ2n) is 1.99. The van der Waals surface area contributed by atoms with Crippen LogP contribution < -0.4 is 0 Å². The lowest BCUT2D eigenvalue weighted by Gasteiger charge is -1.94. The van der Waals surface area contributed by atoms with Gasteiger partial charge in [-0.2, -0.15) is 0 Å². The molecule has 0 radical (unpaired) electrons. The number of allylic oxidation sites excluding steroid dienone is 1. The van der Waals surface area contributed by atoms with E-state index in [-0.39, 0.29) is 0 Å². The first-order valence-electron chi connectivity index (χ1n) is 3.14. The lowest BCUT2D eigenvalue weighted by molar-refractivity contribution is 0.202. The van der Waals surface area contributed by atoms with Crippen LogP contribution in [0, 0.1) is 0 Å². The van der Waals surface area contributed by atoms with E-state index in [0.29, 0.717) is 0 Å². The van der Waals surface area contributed by atoms with Gasteiger partial charge in [-0.05, 0) is 0 Å². The molecule has 2 heteroatoms. The third-order valence-electron chi connectivity index (χ3n) is 1.28. The summed E-state index contributed by atoms with van der Waals surface area (Å²) in [6, 6.07) is 0. The number of hydrogen-bond donors (Lipinski definition) is 0. The Morgan fingerprint density at radius 2 is 2.67 bits per heavy atom. The van der Waals surface area contributed by atoms with Crippen LogP contribution in [0.25, 0.3) is 0 Å². The van der Waals surface area contributed by atoms with Gasteiger partial charge in [-0.1, -0.05) is 6.08 Å². The Hall–Kier alpha value is -0.630. The highest BCUT2D eigenvalue weighted by molar-refractivity contribution is 5.64. The highest BCUT2D eigenvalue weighted by Gasteiger charge is 1.96. The first-order chi connectivity index (χ1) is 4.43. The summed E-state index contributed by atoms with van der Waals surface area (Å²) in [7, 11) is 1.71. The van der Waals surface area contributed by atoms with E-state index < -0.39 is 0 Å². The van der Waals surface area contributed by atoms with Gasteiger partial charge in [-0.3, -0.25) is 4.99 Å². The molecule has 0 aliphatic carbocycles. The van der Waals surface area contributed by atoms with E-state index in [0.717, 1.165) is 25.1 Å². The number of nitrogens with zero attached hydrogens (tertiary/aromatic N) is 1. The van der Waals surface area contributed by atoms with Crippen molar-refractivity contribution < 1.29 is 4.74 Å². The van der Waals surface area contributed by atoms with Crippen molar-refractivity contribution in [1.29, 1.82) is 0 Å². The van der Waals surface area contributed by atoms with Crippen molar-refractivity contribution in [2.45, 2.75) is 12.8 Å². The Morgan fingerprint density at radius 3 is 3.22 bits per heavy atom. The molecule has 9 heavy (non-hydrogen) atoms. The summed E-state index contributed by atoms with van der Waals surface area (Å²) in [4.78, 5) is 4.13. The molecule has 0 saturated heterocycles. The van der Waals surface area contributed by atoms with Gasteiger partial charge in [0.2, 0.25) is 0 Å². The van der Waals surface area contributed by atoms with E-state index in [4.69, 9.17) is 4.74 Å². The minimum atomic E-state index is 0.781. The predicted molar refractivity (Wildman–Crippen MR) is 37.7 cm³/mol. The lowest BCUT2D eigenvalue weighted by atomic mass is 10.3. The fourth-order valence-electron chi connectivity index (χ4n) is 0.785. The molecular formula is C7H11NO. The van der Waals surface area contributed by atoms with E-state index in [2.05, 4.69) is 11.1 Å². The molecule has 0 aromatic heterocycles. The minimum absolute atomic E-state index is 0.781. The summed E-state index contributed by atoms with van der Waals surface area (Å²) < 4.78 is 4.89. The van der Waals surface area contributed by atoms with Gasteiger partial charge >= 0.3 is 0 Å². The molecule has 0 aromatic carbocycles. The van der Waals surface area contributed by atoms with E-state index >= 15 is 0 Å². The second kappa shape index (κ2) is 3.41. The number of aliphatic imine (C=N–C) groups is 1. The lowest BCUT2D eigenvalue weighted by Crippen LogP contribution is -1.87. The maximum Gasteiger partial charge on any atom is 0.0517 e. The molecule has 1 rings (SSSR count). The van der Waals surface area contributed by atoms with Gasteiger partial charge in [-0.25, -0.2) is 0 Å². The molecule has 2 nitrogen and oxygen atoms in total. The maximum atomic E-state index is 4.89. The van der Waals surface area contributed by atoms with Crippen LogP contribution in [0.2, 0.25) is 0 Å². The molecule has 50 valence electrons. The van der Waals surface area contributed by atoms with Crippen LogP contribution in [0.4, 0.5) is 0 Å². The Balaban J connectivity index is 2.19. The third-order valence-corrected chi connectivity index (χ3v) is 1.28. The average molecular weight is 125 g/mol. The normalized spacial score (nSPS) is 16.3. The summed E-state index contributed by atoms with van der Waals surface area (Å²) in [5.74, 6) is 0. The van der Waals surface area contributed by atoms with Crippen molar-refractivity contribution in [2.24, 2.45) is 4.99 Å². The molecular weight excluding hydrogens is 114 g/mol. The van der Waals surface area contributed by atoms with Gasteiger partial charge in [0.25, 0.3) is 0 Å². The average Bonchev–Trinajstić information content (AvgIpc) is 2.34. The number of methoxy groups -OCH3 is 1. The smallest absolute Gasteiger partial charge is 0.0517 e. The molecule has 0 N–H and O–H groups in total. The summed E-state index contributed by atoms with van der Waals surface area (Å²) in [6.07, 6.45) is 6.00. The van der Waals surface area contributed by atoms with Crippen LogP contribution in [0.5, 0.6) is 0 Å². The predicted octanol–water partition coefficient (Wildman–Crippen LogP) is 1.38. The number of hydrogen-bond acceptors (Lipinski definition) is 2. The summed E-state index contributed by atoms with van der Waals surface area (Å²) in [5, 5.41) is 0. The molecule has 0 amide bonds. The van der Waals surface area contributed by atoms with Crippen molar-refractivity contribution in [1.82, 2.24) is 0 Å². The molecule has 1 aliphatic heterocycles. The molecule has 0 unspecified atom stereocenters. The Kier molecular flexibility index (Phi) is 2.46. The first kappa shape index (κ1) is 6.49. The van der Waals surface area contributed by atoms with E-state index in [1.807, 2.05) is 6.21 Å². The molecule has 1 aliphatic rings.